The number of alkyl carbamates (subject to hydrolysis) is 1. The van der Waals surface area contributed by atoms with Gasteiger partial charge in [-0.2, -0.15) is 0 Å². The first-order valence-corrected chi connectivity index (χ1v) is 6.11. The van der Waals surface area contributed by atoms with Crippen LogP contribution >= 0.6 is 0 Å². The molecule has 0 fully saturated rings. The van der Waals surface area contributed by atoms with Crippen molar-refractivity contribution in [1.29, 1.82) is 0 Å². The minimum atomic E-state index is -0.523. The van der Waals surface area contributed by atoms with Crippen LogP contribution in [0, 0.1) is 0 Å². The molecule has 1 unspecified atom stereocenters. The minimum Gasteiger partial charge on any atom is -0.444 e. The Morgan fingerprint density at radius 2 is 2.05 bits per heavy atom. The van der Waals surface area contributed by atoms with E-state index in [9.17, 15) is 9.59 Å². The summed E-state index contributed by atoms with van der Waals surface area (Å²) in [5.41, 5.74) is 1.05. The highest BCUT2D eigenvalue weighted by molar-refractivity contribution is 5.72. The van der Waals surface area contributed by atoms with Gasteiger partial charge in [0.25, 0.3) is 0 Å². The maximum atomic E-state index is 11.6. The van der Waals surface area contributed by atoms with Crippen molar-refractivity contribution in [3.8, 4) is 0 Å². The van der Waals surface area contributed by atoms with Crippen LogP contribution in [0.5, 0.6) is 0 Å². The standard InChI is InChI=1S/C14H20N2O3/c1-10(16-13(18)19-14(2,3)4)11-6-5-7-12(8-11)15-9-17/h5-10H,1-4H3,(H,15,17)(H,16,18). The summed E-state index contributed by atoms with van der Waals surface area (Å²) in [4.78, 5) is 22.0. The van der Waals surface area contributed by atoms with E-state index in [1.54, 1.807) is 12.1 Å². The summed E-state index contributed by atoms with van der Waals surface area (Å²) < 4.78 is 5.19. The van der Waals surface area contributed by atoms with Crippen LogP contribution in [0.25, 0.3) is 0 Å². The molecule has 0 bridgehead atoms. The average Bonchev–Trinajstić information content (AvgIpc) is 2.27. The van der Waals surface area contributed by atoms with Gasteiger partial charge in [0, 0.05) is 5.69 Å². The topological polar surface area (TPSA) is 67.4 Å². The number of carbonyl (C=O) groups is 2. The van der Waals surface area contributed by atoms with E-state index in [1.807, 2.05) is 39.8 Å². The van der Waals surface area contributed by atoms with Crippen molar-refractivity contribution >= 4 is 18.2 Å². The molecule has 0 spiro atoms. The van der Waals surface area contributed by atoms with Crippen molar-refractivity contribution in [2.75, 3.05) is 5.32 Å². The predicted molar refractivity (Wildman–Crippen MR) is 73.9 cm³/mol. The van der Waals surface area contributed by atoms with E-state index in [2.05, 4.69) is 10.6 Å². The van der Waals surface area contributed by atoms with Crippen molar-refractivity contribution in [1.82, 2.24) is 5.32 Å². The van der Waals surface area contributed by atoms with E-state index in [1.165, 1.54) is 0 Å². The van der Waals surface area contributed by atoms with Crippen LogP contribution in [0.3, 0.4) is 0 Å². The molecular formula is C14H20N2O3. The normalized spacial score (nSPS) is 12.4. The number of anilines is 1. The molecule has 0 aliphatic heterocycles. The van der Waals surface area contributed by atoms with Crippen molar-refractivity contribution < 1.29 is 14.3 Å². The average molecular weight is 264 g/mol. The Morgan fingerprint density at radius 3 is 2.63 bits per heavy atom. The van der Waals surface area contributed by atoms with Crippen molar-refractivity contribution in [3.63, 3.8) is 0 Å². The van der Waals surface area contributed by atoms with Gasteiger partial charge in [-0.05, 0) is 45.4 Å². The van der Waals surface area contributed by atoms with Gasteiger partial charge in [0.1, 0.15) is 5.60 Å². The molecule has 0 aliphatic carbocycles. The summed E-state index contributed by atoms with van der Waals surface area (Å²) in [6.45, 7) is 7.29. The van der Waals surface area contributed by atoms with Crippen LogP contribution in [0.2, 0.25) is 0 Å². The number of nitrogens with one attached hydrogen (secondary N) is 2. The van der Waals surface area contributed by atoms with Gasteiger partial charge in [-0.3, -0.25) is 4.79 Å². The van der Waals surface area contributed by atoms with Crippen LogP contribution in [0.4, 0.5) is 10.5 Å². The molecule has 0 saturated heterocycles. The molecule has 1 atom stereocenters. The Kier molecular flexibility index (Phi) is 4.92. The molecular weight excluding hydrogens is 244 g/mol. The van der Waals surface area contributed by atoms with Crippen molar-refractivity contribution in [2.45, 2.75) is 39.3 Å². The molecule has 2 amide bonds. The first-order chi connectivity index (χ1) is 8.81. The first-order valence-electron chi connectivity index (χ1n) is 6.11. The number of amides is 2. The molecule has 5 nitrogen and oxygen atoms in total. The van der Waals surface area contributed by atoms with Gasteiger partial charge in [0.05, 0.1) is 6.04 Å². The van der Waals surface area contributed by atoms with Crippen LogP contribution in [0.15, 0.2) is 24.3 Å². The molecule has 0 radical (unpaired) electrons. The zero-order valence-corrected chi connectivity index (χ0v) is 11.7. The molecule has 0 heterocycles. The lowest BCUT2D eigenvalue weighted by Gasteiger charge is -2.22. The summed E-state index contributed by atoms with van der Waals surface area (Å²) in [5.74, 6) is 0. The zero-order valence-electron chi connectivity index (χ0n) is 11.7. The van der Waals surface area contributed by atoms with Crippen LogP contribution < -0.4 is 10.6 Å². The molecule has 0 aliphatic rings. The minimum absolute atomic E-state index is 0.205. The Bertz CT molecular complexity index is 452. The maximum Gasteiger partial charge on any atom is 0.408 e. The van der Waals surface area contributed by atoms with Crippen molar-refractivity contribution in [2.24, 2.45) is 0 Å². The molecule has 104 valence electrons. The second-order valence-corrected chi connectivity index (χ2v) is 5.26. The van der Waals surface area contributed by atoms with E-state index < -0.39 is 11.7 Å². The van der Waals surface area contributed by atoms with E-state index >= 15 is 0 Å². The molecule has 5 heteroatoms. The Balaban J connectivity index is 2.67. The third-order valence-corrected chi connectivity index (χ3v) is 2.35. The lowest BCUT2D eigenvalue weighted by Crippen LogP contribution is -2.34. The third-order valence-electron chi connectivity index (χ3n) is 2.35. The number of rotatable bonds is 4. The lowest BCUT2D eigenvalue weighted by molar-refractivity contribution is -0.105. The van der Waals surface area contributed by atoms with Gasteiger partial charge in [0.2, 0.25) is 6.41 Å². The van der Waals surface area contributed by atoms with Gasteiger partial charge in [-0.25, -0.2) is 4.79 Å². The molecule has 1 aromatic rings. The van der Waals surface area contributed by atoms with Gasteiger partial charge < -0.3 is 15.4 Å². The first kappa shape index (κ1) is 15.0. The smallest absolute Gasteiger partial charge is 0.408 e. The fourth-order valence-electron chi connectivity index (χ4n) is 1.53. The number of hydrogen-bond donors (Lipinski definition) is 2. The molecule has 0 saturated carbocycles. The SMILES string of the molecule is CC(NC(=O)OC(C)(C)C)c1cccc(NC=O)c1. The monoisotopic (exact) mass is 264 g/mol. The second kappa shape index (κ2) is 6.22. The molecule has 2 N–H and O–H groups in total. The van der Waals surface area contributed by atoms with Gasteiger partial charge in [-0.1, -0.05) is 12.1 Å². The lowest BCUT2D eigenvalue weighted by atomic mass is 10.1. The van der Waals surface area contributed by atoms with Gasteiger partial charge in [0.15, 0.2) is 0 Å². The van der Waals surface area contributed by atoms with Gasteiger partial charge in [-0.15, -0.1) is 0 Å². The highest BCUT2D eigenvalue weighted by Crippen LogP contribution is 2.17. The number of carbonyl (C=O) groups excluding carboxylic acids is 2. The molecule has 0 aromatic heterocycles. The summed E-state index contributed by atoms with van der Waals surface area (Å²) in [5, 5.41) is 5.31. The summed E-state index contributed by atoms with van der Waals surface area (Å²) >= 11 is 0. The third kappa shape index (κ3) is 5.42. The number of ether oxygens (including phenoxy) is 1. The molecule has 1 aromatic carbocycles. The Hall–Kier alpha value is -2.04. The fourth-order valence-corrected chi connectivity index (χ4v) is 1.53. The van der Waals surface area contributed by atoms with E-state index in [4.69, 9.17) is 4.74 Å². The maximum absolute atomic E-state index is 11.6. The summed E-state index contributed by atoms with van der Waals surface area (Å²) in [6.07, 6.45) is 0.152. The number of hydrogen-bond acceptors (Lipinski definition) is 3. The highest BCUT2D eigenvalue weighted by atomic mass is 16.6. The fraction of sp³-hybridized carbons (Fsp3) is 0.429. The largest absolute Gasteiger partial charge is 0.444 e. The summed E-state index contributed by atoms with van der Waals surface area (Å²) in [7, 11) is 0. The van der Waals surface area contributed by atoms with E-state index in [0.29, 0.717) is 12.1 Å². The molecule has 1 rings (SSSR count). The second-order valence-electron chi connectivity index (χ2n) is 5.26. The molecule has 19 heavy (non-hydrogen) atoms. The predicted octanol–water partition coefficient (Wildman–Crippen LogP) is 2.84. The van der Waals surface area contributed by atoms with E-state index in [0.717, 1.165) is 5.56 Å². The summed E-state index contributed by atoms with van der Waals surface area (Å²) in [6, 6.07) is 7.06. The van der Waals surface area contributed by atoms with Crippen LogP contribution in [-0.4, -0.2) is 18.1 Å². The zero-order chi connectivity index (χ0) is 14.5. The number of benzene rings is 1. The Morgan fingerprint density at radius 1 is 1.37 bits per heavy atom. The Labute approximate surface area is 113 Å². The van der Waals surface area contributed by atoms with Crippen LogP contribution in [0.1, 0.15) is 39.3 Å². The van der Waals surface area contributed by atoms with Gasteiger partial charge >= 0.3 is 6.09 Å². The van der Waals surface area contributed by atoms with E-state index in [-0.39, 0.29) is 6.04 Å². The van der Waals surface area contributed by atoms with Crippen molar-refractivity contribution in [3.05, 3.63) is 29.8 Å². The quantitative estimate of drug-likeness (QED) is 0.822. The highest BCUT2D eigenvalue weighted by Gasteiger charge is 2.18. The van der Waals surface area contributed by atoms with Crippen LogP contribution in [-0.2, 0) is 9.53 Å².